The van der Waals surface area contributed by atoms with E-state index in [0.717, 1.165) is 39.4 Å². The number of thiazole rings is 1. The highest BCUT2D eigenvalue weighted by molar-refractivity contribution is 7.22. The van der Waals surface area contributed by atoms with Gasteiger partial charge in [0, 0.05) is 11.8 Å². The molecule has 0 saturated carbocycles. The molecule has 5 rings (SSSR count). The second-order valence-electron chi connectivity index (χ2n) is 8.25. The summed E-state index contributed by atoms with van der Waals surface area (Å²) in [7, 11) is 0. The van der Waals surface area contributed by atoms with E-state index < -0.39 is 0 Å². The van der Waals surface area contributed by atoms with E-state index in [-0.39, 0.29) is 5.91 Å². The molecule has 0 spiro atoms. The second kappa shape index (κ2) is 8.23. The first-order valence-electron chi connectivity index (χ1n) is 10.8. The van der Waals surface area contributed by atoms with Crippen molar-refractivity contribution in [2.24, 2.45) is 0 Å². The minimum atomic E-state index is -0.0209. The number of hydrogen-bond acceptors (Lipinski definition) is 4. The van der Waals surface area contributed by atoms with E-state index in [2.05, 4.69) is 43.1 Å². The van der Waals surface area contributed by atoms with Gasteiger partial charge in [-0.1, -0.05) is 29.5 Å². The van der Waals surface area contributed by atoms with E-state index in [1.165, 1.54) is 35.1 Å². The Morgan fingerprint density at radius 1 is 1.03 bits per heavy atom. The number of carbonyl (C=O) groups excluding carboxylic acids is 1. The summed E-state index contributed by atoms with van der Waals surface area (Å²) in [6, 6.07) is 16.2. The van der Waals surface area contributed by atoms with E-state index >= 15 is 0 Å². The van der Waals surface area contributed by atoms with Gasteiger partial charge in [0.25, 0.3) is 5.91 Å². The Morgan fingerprint density at radius 2 is 1.87 bits per heavy atom. The van der Waals surface area contributed by atoms with Gasteiger partial charge in [-0.2, -0.15) is 0 Å². The summed E-state index contributed by atoms with van der Waals surface area (Å²) in [6.45, 7) is 4.59. The topological polar surface area (TPSA) is 46.1 Å². The first-order chi connectivity index (χ1) is 15.1. The first kappa shape index (κ1) is 19.9. The quantitative estimate of drug-likeness (QED) is 0.399. The number of fused-ring (bicyclic) bond motifs is 2. The van der Waals surface area contributed by atoms with Crippen molar-refractivity contribution in [2.75, 3.05) is 4.90 Å². The molecular weight excluding hydrogens is 402 g/mol. The van der Waals surface area contributed by atoms with Crippen molar-refractivity contribution in [3.8, 4) is 0 Å². The third kappa shape index (κ3) is 3.86. The number of aryl methyl sites for hydroxylation is 4. The van der Waals surface area contributed by atoms with E-state index in [9.17, 15) is 4.79 Å². The van der Waals surface area contributed by atoms with Crippen LogP contribution in [-0.4, -0.2) is 15.9 Å². The molecule has 0 N–H and O–H groups in total. The summed E-state index contributed by atoms with van der Waals surface area (Å²) >= 11 is 1.57. The van der Waals surface area contributed by atoms with Gasteiger partial charge in [0.05, 0.1) is 22.5 Å². The van der Waals surface area contributed by atoms with Gasteiger partial charge in [-0.15, -0.1) is 0 Å². The molecule has 0 aliphatic heterocycles. The molecule has 1 aliphatic rings. The lowest BCUT2D eigenvalue weighted by Gasteiger charge is -2.21. The van der Waals surface area contributed by atoms with Crippen molar-refractivity contribution in [3.05, 3.63) is 88.2 Å². The monoisotopic (exact) mass is 427 g/mol. The molecule has 2 aromatic heterocycles. The SMILES string of the molecule is Cc1ccc2sc(N(Cc3ccccn3)C(=O)c3ccc4c(c3)CCCC4)nc2c1C. The molecular formula is C26H25N3OS. The number of aromatic nitrogens is 2. The highest BCUT2D eigenvalue weighted by Gasteiger charge is 2.24. The van der Waals surface area contributed by atoms with Gasteiger partial charge >= 0.3 is 0 Å². The van der Waals surface area contributed by atoms with Crippen molar-refractivity contribution >= 4 is 32.6 Å². The molecule has 0 saturated heterocycles. The minimum Gasteiger partial charge on any atom is -0.278 e. The van der Waals surface area contributed by atoms with Crippen LogP contribution in [0.4, 0.5) is 5.13 Å². The van der Waals surface area contributed by atoms with Crippen LogP contribution in [0, 0.1) is 13.8 Å². The van der Waals surface area contributed by atoms with Crippen LogP contribution in [0.5, 0.6) is 0 Å². The maximum atomic E-state index is 13.7. The summed E-state index contributed by atoms with van der Waals surface area (Å²) in [5, 5.41) is 0.720. The molecule has 0 fully saturated rings. The van der Waals surface area contributed by atoms with E-state index in [0.29, 0.717) is 6.54 Å². The lowest BCUT2D eigenvalue weighted by molar-refractivity contribution is 0.0984. The average Bonchev–Trinajstić information content (AvgIpc) is 3.25. The van der Waals surface area contributed by atoms with Gasteiger partial charge in [0.2, 0.25) is 0 Å². The third-order valence-corrected chi connectivity index (χ3v) is 7.23. The van der Waals surface area contributed by atoms with E-state index in [4.69, 9.17) is 4.98 Å². The number of carbonyl (C=O) groups is 1. The third-order valence-electron chi connectivity index (χ3n) is 6.19. The van der Waals surface area contributed by atoms with E-state index in [1.807, 2.05) is 24.3 Å². The maximum absolute atomic E-state index is 13.7. The van der Waals surface area contributed by atoms with Crippen LogP contribution >= 0.6 is 11.3 Å². The molecule has 0 unspecified atom stereocenters. The van der Waals surface area contributed by atoms with Gasteiger partial charge in [-0.25, -0.2) is 4.98 Å². The number of nitrogens with zero attached hydrogens (tertiary/aromatic N) is 3. The Balaban J connectivity index is 1.57. The van der Waals surface area contributed by atoms with Crippen LogP contribution in [0.1, 0.15) is 51.1 Å². The normalized spacial score (nSPS) is 13.2. The predicted octanol–water partition coefficient (Wildman–Crippen LogP) is 6.03. The lowest BCUT2D eigenvalue weighted by Crippen LogP contribution is -2.31. The average molecular weight is 428 g/mol. The van der Waals surface area contributed by atoms with Crippen molar-refractivity contribution in [1.82, 2.24) is 9.97 Å². The molecule has 1 aliphatic carbocycles. The van der Waals surface area contributed by atoms with Crippen molar-refractivity contribution in [1.29, 1.82) is 0 Å². The summed E-state index contributed by atoms with van der Waals surface area (Å²) in [5.41, 5.74) is 7.62. The molecule has 0 bridgehead atoms. The van der Waals surface area contributed by atoms with Gasteiger partial charge in [0.15, 0.2) is 5.13 Å². The summed E-state index contributed by atoms with van der Waals surface area (Å²) in [4.78, 5) is 24.9. The first-order valence-corrected chi connectivity index (χ1v) is 11.6. The van der Waals surface area contributed by atoms with Crippen molar-refractivity contribution in [2.45, 2.75) is 46.1 Å². The van der Waals surface area contributed by atoms with Gasteiger partial charge in [0.1, 0.15) is 0 Å². The lowest BCUT2D eigenvalue weighted by atomic mass is 9.90. The Bertz CT molecular complexity index is 1260. The summed E-state index contributed by atoms with van der Waals surface area (Å²) < 4.78 is 1.10. The number of pyridine rings is 1. The van der Waals surface area contributed by atoms with Crippen LogP contribution in [0.15, 0.2) is 54.7 Å². The van der Waals surface area contributed by atoms with Crippen LogP contribution in [0.25, 0.3) is 10.2 Å². The number of anilines is 1. The zero-order valence-corrected chi connectivity index (χ0v) is 18.7. The van der Waals surface area contributed by atoms with Crippen LogP contribution in [0.2, 0.25) is 0 Å². The molecule has 2 heterocycles. The molecule has 4 nitrogen and oxygen atoms in total. The molecule has 156 valence electrons. The Hall–Kier alpha value is -3.05. The number of hydrogen-bond donors (Lipinski definition) is 0. The number of amides is 1. The van der Waals surface area contributed by atoms with Crippen LogP contribution < -0.4 is 4.90 Å². The standard InChI is InChI=1S/C26H25N3OS/c1-17-10-13-23-24(18(17)2)28-26(31-23)29(16-22-9-5-6-14-27-22)25(30)21-12-11-19-7-3-4-8-20(19)15-21/h5-6,9-15H,3-4,7-8,16H2,1-2H3. The highest BCUT2D eigenvalue weighted by Crippen LogP contribution is 2.33. The molecule has 1 amide bonds. The highest BCUT2D eigenvalue weighted by atomic mass is 32.1. The Kier molecular flexibility index (Phi) is 5.28. The number of benzene rings is 2. The molecule has 0 radical (unpaired) electrons. The van der Waals surface area contributed by atoms with E-state index in [1.54, 1.807) is 22.4 Å². The fraction of sp³-hybridized carbons (Fsp3) is 0.269. The predicted molar refractivity (Wildman–Crippen MR) is 127 cm³/mol. The maximum Gasteiger partial charge on any atom is 0.260 e. The Morgan fingerprint density at radius 3 is 2.68 bits per heavy atom. The molecule has 4 aromatic rings. The summed E-state index contributed by atoms with van der Waals surface area (Å²) in [5.74, 6) is -0.0209. The molecule has 5 heteroatoms. The zero-order chi connectivity index (χ0) is 21.4. The smallest absolute Gasteiger partial charge is 0.260 e. The minimum absolute atomic E-state index is 0.0209. The summed E-state index contributed by atoms with van der Waals surface area (Å²) in [6.07, 6.45) is 6.35. The van der Waals surface area contributed by atoms with Gasteiger partial charge < -0.3 is 0 Å². The molecule has 31 heavy (non-hydrogen) atoms. The molecule has 0 atom stereocenters. The van der Waals surface area contributed by atoms with Gasteiger partial charge in [-0.05, 0) is 92.1 Å². The van der Waals surface area contributed by atoms with Crippen LogP contribution in [0.3, 0.4) is 0 Å². The van der Waals surface area contributed by atoms with Crippen molar-refractivity contribution in [3.63, 3.8) is 0 Å². The van der Waals surface area contributed by atoms with Crippen molar-refractivity contribution < 1.29 is 4.79 Å². The second-order valence-corrected chi connectivity index (χ2v) is 9.26. The fourth-order valence-corrected chi connectivity index (χ4v) is 5.25. The largest absolute Gasteiger partial charge is 0.278 e. The Labute approximate surface area is 186 Å². The fourth-order valence-electron chi connectivity index (χ4n) is 4.23. The van der Waals surface area contributed by atoms with Gasteiger partial charge in [-0.3, -0.25) is 14.7 Å². The zero-order valence-electron chi connectivity index (χ0n) is 17.9. The molecule has 2 aromatic carbocycles. The van der Waals surface area contributed by atoms with Crippen LogP contribution in [-0.2, 0) is 19.4 Å². The number of rotatable bonds is 4.